The van der Waals surface area contributed by atoms with E-state index < -0.39 is 30.0 Å². The Hall–Kier alpha value is -5.21. The fourth-order valence-corrected chi connectivity index (χ4v) is 7.33. The molecule has 0 spiro atoms. The quantitative estimate of drug-likeness (QED) is 0.0821. The van der Waals surface area contributed by atoms with Crippen molar-refractivity contribution >= 4 is 5.78 Å². The third-order valence-corrected chi connectivity index (χ3v) is 10.0. The van der Waals surface area contributed by atoms with Gasteiger partial charge in [0.25, 0.3) is 0 Å². The zero-order chi connectivity index (χ0) is 37.5. The van der Waals surface area contributed by atoms with Crippen LogP contribution in [0.1, 0.15) is 44.6 Å². The van der Waals surface area contributed by atoms with Gasteiger partial charge in [0.05, 0.1) is 33.0 Å². The van der Waals surface area contributed by atoms with Crippen LogP contribution in [0, 0.1) is 0 Å². The maximum atomic E-state index is 14.5. The zero-order valence-corrected chi connectivity index (χ0v) is 31.0. The van der Waals surface area contributed by atoms with Crippen molar-refractivity contribution in [3.63, 3.8) is 0 Å². The summed E-state index contributed by atoms with van der Waals surface area (Å²) in [4.78, 5) is 14.5. The molecule has 6 aromatic carbocycles. The van der Waals surface area contributed by atoms with E-state index in [0.29, 0.717) is 31.8 Å². The number of ether oxygens (including phenoxy) is 5. The van der Waals surface area contributed by atoms with Gasteiger partial charge in [0, 0.05) is 18.4 Å². The number of ketones is 1. The Morgan fingerprint density at radius 1 is 0.473 bits per heavy atom. The Labute approximate surface area is 324 Å². The Kier molecular flexibility index (Phi) is 13.4. The average molecular weight is 733 g/mol. The van der Waals surface area contributed by atoms with Gasteiger partial charge in [0.1, 0.15) is 30.0 Å². The molecule has 1 saturated heterocycles. The Balaban J connectivity index is 1.33. The highest BCUT2D eigenvalue weighted by Gasteiger charge is 2.57. The van der Waals surface area contributed by atoms with Gasteiger partial charge in [-0.2, -0.15) is 0 Å². The molecule has 1 fully saturated rings. The van der Waals surface area contributed by atoms with Gasteiger partial charge in [-0.3, -0.25) is 4.79 Å². The van der Waals surface area contributed by atoms with Crippen LogP contribution in [0.25, 0.3) is 0 Å². The van der Waals surface area contributed by atoms with E-state index in [1.807, 2.05) is 158 Å². The Morgan fingerprint density at radius 3 is 1.36 bits per heavy atom. The molecule has 0 amide bonds. The van der Waals surface area contributed by atoms with Crippen LogP contribution in [-0.2, 0) is 56.5 Å². The third kappa shape index (κ3) is 10.5. The lowest BCUT2D eigenvalue weighted by Gasteiger charge is -2.53. The first-order valence-corrected chi connectivity index (χ1v) is 19.0. The number of benzene rings is 6. The smallest absolute Gasteiger partial charge is 0.165 e. The number of carbonyl (C=O) groups is 1. The number of hydrogen-bond donors (Lipinski definition) is 0. The average Bonchev–Trinajstić information content (AvgIpc) is 3.24. The van der Waals surface area contributed by atoms with Gasteiger partial charge in [0.2, 0.25) is 0 Å². The van der Waals surface area contributed by atoms with Crippen LogP contribution in [0.4, 0.5) is 0 Å². The molecule has 0 radical (unpaired) electrons. The van der Waals surface area contributed by atoms with Crippen molar-refractivity contribution in [1.29, 1.82) is 0 Å². The van der Waals surface area contributed by atoms with E-state index in [2.05, 4.69) is 24.3 Å². The van der Waals surface area contributed by atoms with E-state index >= 15 is 0 Å². The molecule has 280 valence electrons. The highest BCUT2D eigenvalue weighted by molar-refractivity contribution is 5.96. The SMILES string of the molecule is O=C(C[C@@]1(Cc2ccccc2)O[C@H](COCc2ccccc2)[C@@H](OCc2ccccc2)[C@H](OCc2ccccc2)[C@H]1OCc1ccccc1)c1ccccc1. The molecule has 7 rings (SSSR count). The minimum absolute atomic E-state index is 0.0424. The van der Waals surface area contributed by atoms with Gasteiger partial charge in [-0.05, 0) is 27.8 Å². The predicted octanol–water partition coefficient (Wildman–Crippen LogP) is 9.61. The molecular weight excluding hydrogens is 685 g/mol. The molecule has 6 nitrogen and oxygen atoms in total. The van der Waals surface area contributed by atoms with Crippen LogP contribution in [0.15, 0.2) is 182 Å². The molecule has 0 N–H and O–H groups in total. The summed E-state index contributed by atoms with van der Waals surface area (Å²) in [5.74, 6) is -0.0424. The minimum Gasteiger partial charge on any atom is -0.374 e. The molecule has 0 bridgehead atoms. The molecule has 0 saturated carbocycles. The lowest BCUT2D eigenvalue weighted by atomic mass is 9.76. The molecule has 0 aromatic heterocycles. The standard InChI is InChI=1S/C49H48O6/c50-44(43-29-17-6-18-30-43)32-49(31-38-19-7-1-8-20-38)48(54-36-42-27-15-5-16-28-42)47(53-35-41-25-13-4-14-26-41)46(52-34-40-23-11-3-12-24-40)45(55-49)37-51-33-39-21-9-2-10-22-39/h1-30,45-48H,31-37H2/t45-,46-,47+,48-,49-/m1/s1. The zero-order valence-electron chi connectivity index (χ0n) is 31.0. The fraction of sp³-hybridized carbons (Fsp3) is 0.245. The first-order chi connectivity index (χ1) is 27.1. The van der Waals surface area contributed by atoms with Gasteiger partial charge < -0.3 is 23.7 Å². The van der Waals surface area contributed by atoms with Crippen LogP contribution >= 0.6 is 0 Å². The maximum Gasteiger partial charge on any atom is 0.165 e. The molecule has 6 heteroatoms. The van der Waals surface area contributed by atoms with E-state index in [9.17, 15) is 4.79 Å². The largest absolute Gasteiger partial charge is 0.374 e. The van der Waals surface area contributed by atoms with Gasteiger partial charge >= 0.3 is 0 Å². The summed E-state index contributed by atoms with van der Waals surface area (Å²) in [6, 6.07) is 60.0. The molecule has 5 atom stereocenters. The van der Waals surface area contributed by atoms with Crippen LogP contribution in [0.5, 0.6) is 0 Å². The van der Waals surface area contributed by atoms with E-state index in [0.717, 1.165) is 27.8 Å². The van der Waals surface area contributed by atoms with Gasteiger partial charge in [0.15, 0.2) is 5.78 Å². The lowest BCUT2D eigenvalue weighted by molar-refractivity contribution is -0.307. The van der Waals surface area contributed by atoms with Gasteiger partial charge in [-0.25, -0.2) is 0 Å². The summed E-state index contributed by atoms with van der Waals surface area (Å²) >= 11 is 0. The number of rotatable bonds is 18. The van der Waals surface area contributed by atoms with E-state index in [1.165, 1.54) is 0 Å². The summed E-state index contributed by atoms with van der Waals surface area (Å²) in [6.07, 6.45) is -2.16. The Morgan fingerprint density at radius 2 is 0.873 bits per heavy atom. The molecule has 6 aromatic rings. The van der Waals surface area contributed by atoms with E-state index in [-0.39, 0.29) is 25.4 Å². The third-order valence-electron chi connectivity index (χ3n) is 10.0. The van der Waals surface area contributed by atoms with Crippen LogP contribution in [-0.4, -0.2) is 42.4 Å². The second-order valence-corrected chi connectivity index (χ2v) is 14.1. The van der Waals surface area contributed by atoms with E-state index in [1.54, 1.807) is 0 Å². The van der Waals surface area contributed by atoms with Gasteiger partial charge in [-0.1, -0.05) is 182 Å². The highest BCUT2D eigenvalue weighted by Crippen LogP contribution is 2.42. The maximum absolute atomic E-state index is 14.5. The van der Waals surface area contributed by atoms with Gasteiger partial charge in [-0.15, -0.1) is 0 Å². The molecular formula is C49H48O6. The summed E-state index contributed by atoms with van der Waals surface area (Å²) in [5.41, 5.74) is 4.56. The first kappa shape index (κ1) is 38.1. The van der Waals surface area contributed by atoms with E-state index in [4.69, 9.17) is 23.7 Å². The van der Waals surface area contributed by atoms with Crippen molar-refractivity contribution in [1.82, 2.24) is 0 Å². The fourth-order valence-electron chi connectivity index (χ4n) is 7.33. The van der Waals surface area contributed by atoms with Crippen LogP contribution in [0.2, 0.25) is 0 Å². The van der Waals surface area contributed by atoms with Crippen molar-refractivity contribution < 1.29 is 28.5 Å². The molecule has 55 heavy (non-hydrogen) atoms. The topological polar surface area (TPSA) is 63.2 Å². The molecule has 1 aliphatic heterocycles. The van der Waals surface area contributed by atoms with Crippen molar-refractivity contribution in [2.45, 2.75) is 69.3 Å². The van der Waals surface area contributed by atoms with Crippen LogP contribution in [0.3, 0.4) is 0 Å². The molecule has 0 aliphatic carbocycles. The molecule has 1 aliphatic rings. The monoisotopic (exact) mass is 732 g/mol. The normalized spacial score (nSPS) is 20.9. The first-order valence-electron chi connectivity index (χ1n) is 19.0. The highest BCUT2D eigenvalue weighted by atomic mass is 16.6. The van der Waals surface area contributed by atoms with Crippen molar-refractivity contribution in [3.05, 3.63) is 215 Å². The Bertz CT molecular complexity index is 1990. The number of carbonyl (C=O) groups excluding carboxylic acids is 1. The number of Topliss-reactive ketones (excluding diaryl/α,β-unsaturated/α-hetero) is 1. The summed E-state index contributed by atoms with van der Waals surface area (Å²) in [5, 5.41) is 0. The molecule has 1 heterocycles. The summed E-state index contributed by atoms with van der Waals surface area (Å²) in [7, 11) is 0. The summed E-state index contributed by atoms with van der Waals surface area (Å²) in [6.45, 7) is 1.53. The van der Waals surface area contributed by atoms with Crippen molar-refractivity contribution in [3.8, 4) is 0 Å². The lowest BCUT2D eigenvalue weighted by Crippen LogP contribution is -2.68. The minimum atomic E-state index is -1.17. The molecule has 0 unspecified atom stereocenters. The second kappa shape index (κ2) is 19.4. The summed E-state index contributed by atoms with van der Waals surface area (Å²) < 4.78 is 34.9. The number of hydrogen-bond acceptors (Lipinski definition) is 6. The van der Waals surface area contributed by atoms with Crippen LogP contribution < -0.4 is 0 Å². The van der Waals surface area contributed by atoms with Crippen molar-refractivity contribution in [2.24, 2.45) is 0 Å². The second-order valence-electron chi connectivity index (χ2n) is 14.1. The van der Waals surface area contributed by atoms with Crippen molar-refractivity contribution in [2.75, 3.05) is 6.61 Å². The predicted molar refractivity (Wildman–Crippen MR) is 214 cm³/mol.